The van der Waals surface area contributed by atoms with E-state index in [2.05, 4.69) is 130 Å². The average Bonchev–Trinajstić information content (AvgIpc) is 3.34. The molecule has 0 fully saturated rings. The zero-order chi connectivity index (χ0) is 26.4. The quantitative estimate of drug-likeness (QED) is 0.147. The van der Waals surface area contributed by atoms with Crippen molar-refractivity contribution in [3.8, 4) is 22.4 Å². The van der Waals surface area contributed by atoms with E-state index in [9.17, 15) is 0 Å². The van der Waals surface area contributed by atoms with Crippen LogP contribution in [0.4, 0.5) is 0 Å². The molecule has 3 heteroatoms. The van der Waals surface area contributed by atoms with Gasteiger partial charge in [0.2, 0.25) is 0 Å². The molecule has 6 rings (SSSR count). The van der Waals surface area contributed by atoms with Crippen LogP contribution in [0.15, 0.2) is 95.5 Å². The number of nitrogens with zero attached hydrogens (tertiary/aromatic N) is 1. The molecule has 0 atom stereocenters. The Morgan fingerprint density at radius 1 is 0.684 bits per heavy atom. The van der Waals surface area contributed by atoms with Gasteiger partial charge >= 0.3 is 193 Å². The fraction of sp³-hybridized carbons (Fsp3) is 0.229. The van der Waals surface area contributed by atoms with Gasteiger partial charge in [0.1, 0.15) is 0 Å². The molecular formula is C35H36GeNO+. The Kier molecular flexibility index (Phi) is 6.39. The summed E-state index contributed by atoms with van der Waals surface area (Å²) >= 11 is -1.96. The zero-order valence-electron chi connectivity index (χ0n) is 23.1. The van der Waals surface area contributed by atoms with Gasteiger partial charge in [0.25, 0.3) is 0 Å². The van der Waals surface area contributed by atoms with Gasteiger partial charge in [0.05, 0.1) is 0 Å². The second-order valence-corrected chi connectivity index (χ2v) is 21.8. The van der Waals surface area contributed by atoms with Crippen molar-refractivity contribution in [1.82, 2.24) is 0 Å². The second-order valence-electron chi connectivity index (χ2n) is 10.7. The number of hydrogen-bond donors (Lipinski definition) is 0. The molecule has 0 aliphatic carbocycles. The Morgan fingerprint density at radius 3 is 2.11 bits per heavy atom. The summed E-state index contributed by atoms with van der Waals surface area (Å²) in [4.78, 5) is 0. The first-order valence-electron chi connectivity index (χ1n) is 13.9. The van der Waals surface area contributed by atoms with E-state index >= 15 is 0 Å². The van der Waals surface area contributed by atoms with Crippen molar-refractivity contribution in [1.29, 1.82) is 0 Å². The Morgan fingerprint density at radius 2 is 1.37 bits per heavy atom. The summed E-state index contributed by atoms with van der Waals surface area (Å²) < 4.78 is 10.6. The van der Waals surface area contributed by atoms with E-state index in [-0.39, 0.29) is 0 Å². The van der Waals surface area contributed by atoms with Crippen molar-refractivity contribution in [2.75, 3.05) is 0 Å². The van der Waals surface area contributed by atoms with Gasteiger partial charge in [0, 0.05) is 0 Å². The van der Waals surface area contributed by atoms with Crippen LogP contribution < -0.4 is 8.96 Å². The Balaban J connectivity index is 1.51. The molecule has 2 heterocycles. The second kappa shape index (κ2) is 9.74. The third-order valence-electron chi connectivity index (χ3n) is 9.01. The van der Waals surface area contributed by atoms with Gasteiger partial charge in [-0.2, -0.15) is 0 Å². The van der Waals surface area contributed by atoms with Gasteiger partial charge in [0.15, 0.2) is 0 Å². The van der Waals surface area contributed by atoms with Gasteiger partial charge in [-0.05, 0) is 5.39 Å². The van der Waals surface area contributed by atoms with Crippen LogP contribution in [0.25, 0.3) is 55.1 Å². The van der Waals surface area contributed by atoms with Crippen LogP contribution >= 0.6 is 0 Å². The number of aryl methyl sites for hydroxylation is 2. The third kappa shape index (κ3) is 3.89. The van der Waals surface area contributed by atoms with E-state index in [1.165, 1.54) is 59.9 Å². The van der Waals surface area contributed by atoms with Gasteiger partial charge < -0.3 is 0 Å². The molecule has 0 radical (unpaired) electrons. The minimum absolute atomic E-state index is 0.964. The van der Waals surface area contributed by atoms with E-state index in [1.807, 2.05) is 0 Å². The fourth-order valence-corrected chi connectivity index (χ4v) is 13.9. The first-order valence-corrected chi connectivity index (χ1v) is 19.4. The summed E-state index contributed by atoms with van der Waals surface area (Å²) in [5.74, 6) is 0. The fourth-order valence-electron chi connectivity index (χ4n) is 6.36. The Hall–Kier alpha value is -3.37. The average molecular weight is 559 g/mol. The predicted molar refractivity (Wildman–Crippen MR) is 165 cm³/mol. The zero-order valence-corrected chi connectivity index (χ0v) is 25.2. The summed E-state index contributed by atoms with van der Waals surface area (Å²) in [6, 6.07) is 31.4. The van der Waals surface area contributed by atoms with Crippen LogP contribution in [-0.4, -0.2) is 13.3 Å². The van der Waals surface area contributed by atoms with Crippen molar-refractivity contribution >= 4 is 50.4 Å². The normalized spacial score (nSPS) is 12.1. The molecule has 0 spiro atoms. The number of rotatable bonds is 6. The number of fused-ring (bicyclic) bond motifs is 5. The Labute approximate surface area is 228 Å². The standard InChI is InChI=1S/C35H36GeNO/c1-6-36(7-2,8-3)28-17-14-25(15-18-28)27-21-22-37(5)32(23-27)33-24(4)13-19-31-30-20-16-26-11-9-10-12-29(26)34(30)38-35(31)33/h9-23H,6-8H2,1-5H3/q+1. The molecule has 0 aliphatic heterocycles. The number of hydrogen-bond acceptors (Lipinski definition) is 1. The SMILES string of the molecule is C[CH2][Ge]([CH2]C)([CH2]C)[c]1ccc(-c2cc[n+](C)c(-c3c(C)ccc4c3oc3c5ccccc5ccc43)c2)cc1. The topological polar surface area (TPSA) is 17.0 Å². The molecule has 190 valence electrons. The molecule has 38 heavy (non-hydrogen) atoms. The Bertz CT molecular complexity index is 1780. The van der Waals surface area contributed by atoms with Gasteiger partial charge in [-0.3, -0.25) is 0 Å². The number of furan rings is 1. The molecule has 6 aromatic rings. The van der Waals surface area contributed by atoms with Gasteiger partial charge in [-0.25, -0.2) is 0 Å². The summed E-state index contributed by atoms with van der Waals surface area (Å²) in [6.45, 7) is 9.38. The summed E-state index contributed by atoms with van der Waals surface area (Å²) in [7, 11) is 2.13. The molecule has 0 amide bonds. The van der Waals surface area contributed by atoms with E-state index in [1.54, 1.807) is 4.40 Å². The van der Waals surface area contributed by atoms with Crippen molar-refractivity contribution in [2.45, 2.75) is 43.5 Å². The van der Waals surface area contributed by atoms with Crippen molar-refractivity contribution in [3.05, 3.63) is 96.7 Å². The summed E-state index contributed by atoms with van der Waals surface area (Å²) in [5.41, 5.74) is 8.00. The van der Waals surface area contributed by atoms with Crippen LogP contribution in [0.1, 0.15) is 26.3 Å². The van der Waals surface area contributed by atoms with E-state index < -0.39 is 13.3 Å². The van der Waals surface area contributed by atoms with E-state index in [0.717, 1.165) is 16.6 Å². The maximum absolute atomic E-state index is 6.72. The van der Waals surface area contributed by atoms with Crippen molar-refractivity contribution in [2.24, 2.45) is 7.05 Å². The van der Waals surface area contributed by atoms with Crippen molar-refractivity contribution < 1.29 is 8.98 Å². The molecule has 0 saturated heterocycles. The molecule has 0 unspecified atom stereocenters. The first-order chi connectivity index (χ1) is 18.5. The third-order valence-corrected chi connectivity index (χ3v) is 20.8. The molecule has 0 saturated carbocycles. The van der Waals surface area contributed by atoms with Crippen LogP contribution in [0, 0.1) is 6.92 Å². The van der Waals surface area contributed by atoms with Crippen LogP contribution in [0.5, 0.6) is 0 Å². The number of pyridine rings is 1. The molecule has 2 nitrogen and oxygen atoms in total. The monoisotopic (exact) mass is 560 g/mol. The van der Waals surface area contributed by atoms with Crippen LogP contribution in [0.3, 0.4) is 0 Å². The summed E-state index contributed by atoms with van der Waals surface area (Å²) in [5, 5.41) is 8.77. The molecular weight excluding hydrogens is 523 g/mol. The predicted octanol–water partition coefficient (Wildman–Crippen LogP) is 8.92. The minimum atomic E-state index is -1.96. The molecule has 0 bridgehead atoms. The maximum atomic E-state index is 6.72. The summed E-state index contributed by atoms with van der Waals surface area (Å²) in [6.07, 6.45) is 2.18. The number of aromatic nitrogens is 1. The van der Waals surface area contributed by atoms with E-state index in [0.29, 0.717) is 0 Å². The molecule has 0 N–H and O–H groups in total. The van der Waals surface area contributed by atoms with Gasteiger partial charge in [-0.15, -0.1) is 0 Å². The van der Waals surface area contributed by atoms with E-state index in [4.69, 9.17) is 4.42 Å². The van der Waals surface area contributed by atoms with Crippen LogP contribution in [-0.2, 0) is 7.05 Å². The first kappa shape index (κ1) is 24.9. The van der Waals surface area contributed by atoms with Crippen LogP contribution in [0.2, 0.25) is 15.8 Å². The van der Waals surface area contributed by atoms with Gasteiger partial charge in [-0.1, -0.05) is 30.3 Å². The molecule has 4 aromatic carbocycles. The molecule has 0 aliphatic rings. The molecule has 2 aromatic heterocycles. The van der Waals surface area contributed by atoms with Crippen molar-refractivity contribution in [3.63, 3.8) is 0 Å². The number of benzene rings is 4.